The van der Waals surface area contributed by atoms with Gasteiger partial charge in [0.1, 0.15) is 18.0 Å². The van der Waals surface area contributed by atoms with Crippen molar-refractivity contribution < 1.29 is 28.7 Å². The highest BCUT2D eigenvalue weighted by atomic mass is 32.2. The van der Waals surface area contributed by atoms with Gasteiger partial charge in [0.05, 0.1) is 13.5 Å². The van der Waals surface area contributed by atoms with Crippen LogP contribution in [0.25, 0.3) is 0 Å². The Morgan fingerprint density at radius 1 is 1.33 bits per heavy atom. The van der Waals surface area contributed by atoms with Crippen LogP contribution in [0.2, 0.25) is 0 Å². The number of ether oxygens (including phenoxy) is 2. The molecule has 10 heteroatoms. The summed E-state index contributed by atoms with van der Waals surface area (Å²) in [5, 5.41) is 5.90. The van der Waals surface area contributed by atoms with Gasteiger partial charge in [-0.1, -0.05) is 6.07 Å². The summed E-state index contributed by atoms with van der Waals surface area (Å²) >= 11 is 2.77. The van der Waals surface area contributed by atoms with E-state index in [1.807, 2.05) is 17.5 Å². The number of rotatable bonds is 6. The van der Waals surface area contributed by atoms with Crippen LogP contribution in [0.5, 0.6) is 0 Å². The van der Waals surface area contributed by atoms with Crippen LogP contribution in [-0.4, -0.2) is 59.8 Å². The van der Waals surface area contributed by atoms with Crippen molar-refractivity contribution in [1.29, 1.82) is 0 Å². The molecule has 2 aliphatic heterocycles. The second-order valence-electron chi connectivity index (χ2n) is 5.97. The standard InChI is InChI=1S/C17H18N2O6S2/c1-9(20)25-7-10-8-27-16-13(15(22)19(16)14(10)17(23)24-2)18-12(21)6-11-4-3-5-26-11/h3-5,8,13-14,16H,6-7H2,1-2H3,(H,18,21)/t13?,14?,16-/m0/s1. The van der Waals surface area contributed by atoms with Crippen LogP contribution < -0.4 is 5.32 Å². The van der Waals surface area contributed by atoms with Crippen molar-refractivity contribution in [3.63, 3.8) is 0 Å². The minimum Gasteiger partial charge on any atom is -0.467 e. The molecule has 1 fully saturated rings. The monoisotopic (exact) mass is 410 g/mol. The number of carbonyl (C=O) groups excluding carboxylic acids is 4. The zero-order valence-electron chi connectivity index (χ0n) is 14.7. The van der Waals surface area contributed by atoms with E-state index in [2.05, 4.69) is 5.32 Å². The lowest BCUT2D eigenvalue weighted by Gasteiger charge is -2.51. The lowest BCUT2D eigenvalue weighted by atomic mass is 9.98. The smallest absolute Gasteiger partial charge is 0.333 e. The number of carbonyl (C=O) groups is 4. The molecule has 3 rings (SSSR count). The molecular weight excluding hydrogens is 392 g/mol. The normalized spacial score (nSPS) is 23.6. The van der Waals surface area contributed by atoms with Crippen LogP contribution >= 0.6 is 23.1 Å². The zero-order valence-corrected chi connectivity index (χ0v) is 16.3. The van der Waals surface area contributed by atoms with E-state index in [4.69, 9.17) is 9.47 Å². The Balaban J connectivity index is 1.70. The molecule has 1 saturated heterocycles. The predicted molar refractivity (Wildman–Crippen MR) is 98.7 cm³/mol. The van der Waals surface area contributed by atoms with Crippen LogP contribution in [0, 0.1) is 0 Å². The van der Waals surface area contributed by atoms with E-state index in [9.17, 15) is 19.2 Å². The number of thioether (sulfide) groups is 1. The Bertz CT molecular complexity index is 791. The molecule has 2 unspecified atom stereocenters. The molecule has 3 atom stereocenters. The van der Waals surface area contributed by atoms with Crippen molar-refractivity contribution in [3.8, 4) is 0 Å². The van der Waals surface area contributed by atoms with Gasteiger partial charge in [0.2, 0.25) is 11.8 Å². The van der Waals surface area contributed by atoms with E-state index >= 15 is 0 Å². The largest absolute Gasteiger partial charge is 0.467 e. The summed E-state index contributed by atoms with van der Waals surface area (Å²) in [6.07, 6.45) is 0.201. The molecule has 0 bridgehead atoms. The number of fused-ring (bicyclic) bond motifs is 1. The summed E-state index contributed by atoms with van der Waals surface area (Å²) in [7, 11) is 1.23. The molecule has 0 aromatic carbocycles. The van der Waals surface area contributed by atoms with Crippen molar-refractivity contribution in [3.05, 3.63) is 33.4 Å². The van der Waals surface area contributed by atoms with Gasteiger partial charge in [0.25, 0.3) is 0 Å². The van der Waals surface area contributed by atoms with Crippen LogP contribution in [-0.2, 0) is 35.1 Å². The number of amides is 2. The van der Waals surface area contributed by atoms with Crippen molar-refractivity contribution in [2.24, 2.45) is 0 Å². The van der Waals surface area contributed by atoms with E-state index in [1.165, 1.54) is 42.0 Å². The Morgan fingerprint density at radius 2 is 2.11 bits per heavy atom. The third-order valence-electron chi connectivity index (χ3n) is 4.17. The van der Waals surface area contributed by atoms with Gasteiger partial charge in [-0.3, -0.25) is 14.4 Å². The van der Waals surface area contributed by atoms with Gasteiger partial charge in [-0.25, -0.2) is 4.79 Å². The van der Waals surface area contributed by atoms with Crippen LogP contribution in [0.4, 0.5) is 0 Å². The molecule has 3 heterocycles. The van der Waals surface area contributed by atoms with Gasteiger partial charge < -0.3 is 19.7 Å². The van der Waals surface area contributed by atoms with E-state index in [-0.39, 0.29) is 24.8 Å². The second kappa shape index (κ2) is 8.13. The average molecular weight is 410 g/mol. The van der Waals surface area contributed by atoms with E-state index in [1.54, 1.807) is 5.41 Å². The molecule has 0 saturated carbocycles. The Kier molecular flexibility index (Phi) is 5.85. The molecule has 1 N–H and O–H groups in total. The van der Waals surface area contributed by atoms with E-state index in [0.29, 0.717) is 5.57 Å². The van der Waals surface area contributed by atoms with E-state index in [0.717, 1.165) is 4.88 Å². The summed E-state index contributed by atoms with van der Waals surface area (Å²) in [5.74, 6) is -1.72. The third-order valence-corrected chi connectivity index (χ3v) is 6.26. The number of hydrogen-bond acceptors (Lipinski definition) is 8. The molecule has 1 aromatic heterocycles. The fourth-order valence-electron chi connectivity index (χ4n) is 2.91. The van der Waals surface area contributed by atoms with Gasteiger partial charge in [0.15, 0.2) is 6.04 Å². The first kappa shape index (κ1) is 19.4. The van der Waals surface area contributed by atoms with Crippen molar-refractivity contribution >= 4 is 46.9 Å². The van der Waals surface area contributed by atoms with Gasteiger partial charge in [-0.15, -0.1) is 23.1 Å². The first-order valence-electron chi connectivity index (χ1n) is 8.12. The summed E-state index contributed by atoms with van der Waals surface area (Å²) in [6, 6.07) is 2.04. The van der Waals surface area contributed by atoms with Gasteiger partial charge in [-0.2, -0.15) is 0 Å². The molecule has 0 spiro atoms. The molecule has 8 nitrogen and oxygen atoms in total. The summed E-state index contributed by atoms with van der Waals surface area (Å²) < 4.78 is 9.77. The van der Waals surface area contributed by atoms with Crippen LogP contribution in [0.3, 0.4) is 0 Å². The van der Waals surface area contributed by atoms with Gasteiger partial charge >= 0.3 is 11.9 Å². The summed E-state index contributed by atoms with van der Waals surface area (Å²) in [6.45, 7) is 1.16. The summed E-state index contributed by atoms with van der Waals surface area (Å²) in [5.41, 5.74) is 0.468. The van der Waals surface area contributed by atoms with Gasteiger partial charge in [-0.05, 0) is 16.9 Å². The zero-order chi connectivity index (χ0) is 19.6. The highest BCUT2D eigenvalue weighted by Crippen LogP contribution is 2.40. The van der Waals surface area contributed by atoms with Crippen LogP contribution in [0.15, 0.2) is 28.5 Å². The first-order chi connectivity index (χ1) is 12.9. The van der Waals surface area contributed by atoms with E-state index < -0.39 is 29.4 Å². The maximum absolute atomic E-state index is 12.6. The second-order valence-corrected chi connectivity index (χ2v) is 8.00. The van der Waals surface area contributed by atoms with Gasteiger partial charge in [0, 0.05) is 17.4 Å². The molecule has 144 valence electrons. The fourth-order valence-corrected chi connectivity index (χ4v) is 4.82. The molecule has 27 heavy (non-hydrogen) atoms. The Morgan fingerprint density at radius 3 is 2.74 bits per heavy atom. The maximum Gasteiger partial charge on any atom is 0.333 e. The number of hydrogen-bond donors (Lipinski definition) is 1. The molecule has 1 aromatic rings. The Hall–Kier alpha value is -2.33. The quantitative estimate of drug-likeness (QED) is 0.543. The van der Waals surface area contributed by atoms with Crippen molar-refractivity contribution in [2.45, 2.75) is 30.8 Å². The molecule has 0 aliphatic carbocycles. The predicted octanol–water partition coefficient (Wildman–Crippen LogP) is 0.679. The highest BCUT2D eigenvalue weighted by Gasteiger charge is 2.56. The lowest BCUT2D eigenvalue weighted by Crippen LogP contribution is -2.74. The number of thiophene rings is 1. The fraction of sp³-hybridized carbons (Fsp3) is 0.412. The van der Waals surface area contributed by atoms with Crippen LogP contribution in [0.1, 0.15) is 11.8 Å². The molecular formula is C17H18N2O6S2. The number of nitrogens with zero attached hydrogens (tertiary/aromatic N) is 1. The topological polar surface area (TPSA) is 102 Å². The SMILES string of the molecule is COC(=O)C1C(COC(C)=O)=CS[C@H]2C(NC(=O)Cc3cccs3)C(=O)N12. The minimum atomic E-state index is -0.960. The highest BCUT2D eigenvalue weighted by molar-refractivity contribution is 8.02. The number of nitrogens with one attached hydrogen (secondary N) is 1. The first-order valence-corrected chi connectivity index (χ1v) is 9.94. The molecule has 2 aliphatic rings. The number of methoxy groups -OCH3 is 1. The number of β-lactam (4-membered cyclic amide) rings is 1. The maximum atomic E-state index is 12.6. The lowest BCUT2D eigenvalue weighted by molar-refractivity contribution is -0.162. The molecule has 0 radical (unpaired) electrons. The minimum absolute atomic E-state index is 0.103. The van der Waals surface area contributed by atoms with Crippen molar-refractivity contribution in [2.75, 3.05) is 13.7 Å². The number of esters is 2. The average Bonchev–Trinajstić information content (AvgIpc) is 3.15. The Labute approximate surface area is 163 Å². The molecule has 2 amide bonds. The third kappa shape index (κ3) is 4.01. The summed E-state index contributed by atoms with van der Waals surface area (Å²) in [4.78, 5) is 50.3. The van der Waals surface area contributed by atoms with Crippen molar-refractivity contribution in [1.82, 2.24) is 10.2 Å².